The number of halogens is 1. The number of likely N-dealkylation sites (tertiary alicyclic amines) is 1. The zero-order valence-electron chi connectivity index (χ0n) is 27.2. The summed E-state index contributed by atoms with van der Waals surface area (Å²) in [6.45, 7) is 0.167. The minimum Gasteiger partial charge on any atom is -0.484 e. The van der Waals surface area contributed by atoms with Crippen LogP contribution in [0.5, 0.6) is 5.75 Å². The summed E-state index contributed by atoms with van der Waals surface area (Å²) >= 11 is 0. The summed E-state index contributed by atoms with van der Waals surface area (Å²) in [5.74, 6) is -1.15. The standard InChI is InChI=1S/C36H41FN4O7S/c37-22-13-16-28-27(18-22)33(34-32(39-28)25-10-7-8-11-30(25)48-34)47-23-19-29(35(38)43)41(20-23)31(42)12-6-4-2-1-3-5-9-21-17-26(21)36(44)40-49(45,46)24-14-15-24/h7-8,10-11,13,16,18,21,23-24,26,29H,1-6,9,12,14-15,17,19-20H2,(H2,38,43)(H,40,44)/t21-,23-,26+,29+/m1/s1. The summed E-state index contributed by atoms with van der Waals surface area (Å²) < 4.78 is 53.2. The van der Waals surface area contributed by atoms with Gasteiger partial charge in [0.1, 0.15) is 29.1 Å². The van der Waals surface area contributed by atoms with Crippen molar-refractivity contribution in [3.8, 4) is 5.75 Å². The quantitative estimate of drug-likeness (QED) is 0.155. The second kappa shape index (κ2) is 13.6. The molecule has 3 heterocycles. The lowest BCUT2D eigenvalue weighted by atomic mass is 10.1. The summed E-state index contributed by atoms with van der Waals surface area (Å²) in [6, 6.07) is 10.9. The first-order chi connectivity index (χ1) is 23.6. The smallest absolute Gasteiger partial charge is 0.240 e. The van der Waals surface area contributed by atoms with E-state index in [1.54, 1.807) is 6.07 Å². The van der Waals surface area contributed by atoms with E-state index in [0.29, 0.717) is 52.6 Å². The van der Waals surface area contributed by atoms with Gasteiger partial charge in [-0.05, 0) is 68.4 Å². The number of nitrogens with zero attached hydrogens (tertiary/aromatic N) is 2. The molecule has 49 heavy (non-hydrogen) atoms. The number of sulfonamides is 1. The number of nitrogens with two attached hydrogens (primary N) is 1. The van der Waals surface area contributed by atoms with E-state index < -0.39 is 39.1 Å². The van der Waals surface area contributed by atoms with Crippen molar-refractivity contribution in [1.29, 1.82) is 0 Å². The normalized spacial score (nSPS) is 22.2. The molecule has 2 aliphatic carbocycles. The molecule has 4 atom stereocenters. The van der Waals surface area contributed by atoms with Crippen molar-refractivity contribution in [2.45, 2.75) is 94.4 Å². The van der Waals surface area contributed by atoms with Crippen molar-refractivity contribution in [1.82, 2.24) is 14.6 Å². The van der Waals surface area contributed by atoms with Crippen LogP contribution in [0.1, 0.15) is 77.0 Å². The highest BCUT2D eigenvalue weighted by Crippen LogP contribution is 2.43. The van der Waals surface area contributed by atoms with Crippen LogP contribution < -0.4 is 15.2 Å². The first-order valence-corrected chi connectivity index (χ1v) is 18.8. The third-order valence-corrected chi connectivity index (χ3v) is 11.9. The Bertz CT molecular complexity index is 2030. The SMILES string of the molecule is NC(=O)[C@@H]1C[C@@H](Oc2c3cc(F)ccc3nc3c2oc2ccccc23)CN1C(=O)CCCCCCCC[C@@H]1C[C@@H]1C(=O)NS(=O)(=O)C1CC1. The Morgan fingerprint density at radius 1 is 1.00 bits per heavy atom. The second-order valence-electron chi connectivity index (χ2n) is 13.8. The fraction of sp³-hybridized carbons (Fsp3) is 0.500. The molecule has 2 saturated carbocycles. The molecule has 3 fully saturated rings. The molecular formula is C36H41FN4O7S. The summed E-state index contributed by atoms with van der Waals surface area (Å²) in [6.07, 6.45) is 8.39. The predicted molar refractivity (Wildman–Crippen MR) is 181 cm³/mol. The number of unbranched alkanes of at least 4 members (excludes halogenated alkanes) is 5. The van der Waals surface area contributed by atoms with Gasteiger partial charge in [0.05, 0.1) is 17.3 Å². The summed E-state index contributed by atoms with van der Waals surface area (Å²) in [4.78, 5) is 44.2. The molecule has 11 nitrogen and oxygen atoms in total. The third kappa shape index (κ3) is 7.22. The van der Waals surface area contributed by atoms with E-state index >= 15 is 0 Å². The first-order valence-electron chi connectivity index (χ1n) is 17.3. The van der Waals surface area contributed by atoms with E-state index in [0.717, 1.165) is 50.3 Å². The molecule has 3 aliphatic rings. The van der Waals surface area contributed by atoms with Crippen molar-refractivity contribution in [2.24, 2.45) is 17.6 Å². The van der Waals surface area contributed by atoms with Crippen LogP contribution in [-0.2, 0) is 24.4 Å². The Kier molecular flexibility index (Phi) is 9.21. The highest BCUT2D eigenvalue weighted by molar-refractivity contribution is 7.90. The van der Waals surface area contributed by atoms with Gasteiger partial charge < -0.3 is 19.8 Å². The van der Waals surface area contributed by atoms with E-state index in [9.17, 15) is 27.2 Å². The number of pyridine rings is 1. The number of carbonyl (C=O) groups excluding carboxylic acids is 3. The van der Waals surface area contributed by atoms with Gasteiger partial charge in [-0.3, -0.25) is 19.1 Å². The molecule has 0 radical (unpaired) electrons. The Morgan fingerprint density at radius 3 is 2.53 bits per heavy atom. The Hall–Kier alpha value is -4.26. The van der Waals surface area contributed by atoms with Crippen molar-refractivity contribution < 1.29 is 36.3 Å². The number of carbonyl (C=O) groups is 3. The molecular weight excluding hydrogens is 651 g/mol. The van der Waals surface area contributed by atoms with Crippen LogP contribution in [0.15, 0.2) is 46.9 Å². The van der Waals surface area contributed by atoms with Gasteiger partial charge in [0.2, 0.25) is 27.7 Å². The minimum atomic E-state index is -3.48. The number of furan rings is 1. The maximum absolute atomic E-state index is 14.4. The van der Waals surface area contributed by atoms with Gasteiger partial charge in [0, 0.05) is 29.5 Å². The molecule has 0 unspecified atom stereocenters. The number of benzene rings is 2. The molecule has 4 aromatic rings. The van der Waals surface area contributed by atoms with Crippen molar-refractivity contribution in [2.75, 3.05) is 6.54 Å². The number of para-hydroxylation sites is 1. The van der Waals surface area contributed by atoms with Crippen LogP contribution >= 0.6 is 0 Å². The second-order valence-corrected chi connectivity index (χ2v) is 15.8. The molecule has 13 heteroatoms. The van der Waals surface area contributed by atoms with Crippen molar-refractivity contribution in [3.63, 3.8) is 0 Å². The maximum Gasteiger partial charge on any atom is 0.240 e. The van der Waals surface area contributed by atoms with Crippen molar-refractivity contribution >= 4 is 60.7 Å². The van der Waals surface area contributed by atoms with Crippen LogP contribution in [0.25, 0.3) is 33.0 Å². The molecule has 1 saturated heterocycles. The largest absolute Gasteiger partial charge is 0.484 e. The summed E-state index contributed by atoms with van der Waals surface area (Å²) in [7, 11) is -3.48. The van der Waals surface area contributed by atoms with Gasteiger partial charge in [-0.1, -0.05) is 44.2 Å². The average Bonchev–Trinajstić information content (AvgIpc) is 3.99. The van der Waals surface area contributed by atoms with E-state index in [1.165, 1.54) is 17.0 Å². The first kappa shape index (κ1) is 33.2. The van der Waals surface area contributed by atoms with Gasteiger partial charge in [0.25, 0.3) is 0 Å². The van der Waals surface area contributed by atoms with Crippen LogP contribution in [0, 0.1) is 17.7 Å². The van der Waals surface area contributed by atoms with Gasteiger partial charge in [-0.2, -0.15) is 0 Å². The number of fused-ring (bicyclic) bond motifs is 4. The van der Waals surface area contributed by atoms with E-state index in [-0.39, 0.29) is 43.0 Å². The van der Waals surface area contributed by atoms with Gasteiger partial charge in [-0.15, -0.1) is 0 Å². The molecule has 3 amide bonds. The molecule has 0 bridgehead atoms. The summed E-state index contributed by atoms with van der Waals surface area (Å²) in [5, 5.41) is 0.845. The van der Waals surface area contributed by atoms with Crippen LogP contribution in [0.3, 0.4) is 0 Å². The fourth-order valence-corrected chi connectivity index (χ4v) is 8.49. The lowest BCUT2D eigenvalue weighted by Crippen LogP contribution is -2.43. The molecule has 2 aromatic carbocycles. The monoisotopic (exact) mass is 692 g/mol. The summed E-state index contributed by atoms with van der Waals surface area (Å²) in [5.41, 5.74) is 7.85. The number of hydrogen-bond acceptors (Lipinski definition) is 8. The molecule has 0 spiro atoms. The lowest BCUT2D eigenvalue weighted by molar-refractivity contribution is -0.137. The van der Waals surface area contributed by atoms with Crippen LogP contribution in [-0.4, -0.2) is 60.0 Å². The molecule has 1 aliphatic heterocycles. The number of rotatable bonds is 15. The van der Waals surface area contributed by atoms with E-state index in [2.05, 4.69) is 4.72 Å². The maximum atomic E-state index is 14.4. The fourth-order valence-electron chi connectivity index (χ4n) is 7.14. The predicted octanol–water partition coefficient (Wildman–Crippen LogP) is 5.47. The Labute approximate surface area is 283 Å². The topological polar surface area (TPSA) is 162 Å². The molecule has 2 aromatic heterocycles. The Balaban J connectivity index is 0.886. The van der Waals surface area contributed by atoms with Gasteiger partial charge in [-0.25, -0.2) is 17.8 Å². The molecule has 3 N–H and O–H groups in total. The highest BCUT2D eigenvalue weighted by atomic mass is 32.2. The molecule has 7 rings (SSSR count). The highest BCUT2D eigenvalue weighted by Gasteiger charge is 2.45. The van der Waals surface area contributed by atoms with E-state index in [4.69, 9.17) is 19.9 Å². The number of hydrogen-bond donors (Lipinski definition) is 2. The zero-order chi connectivity index (χ0) is 34.3. The van der Waals surface area contributed by atoms with Gasteiger partial charge in [0.15, 0.2) is 11.3 Å². The number of ether oxygens (including phenoxy) is 1. The minimum absolute atomic E-state index is 0.156. The average molecular weight is 693 g/mol. The Morgan fingerprint density at radius 2 is 1.76 bits per heavy atom. The van der Waals surface area contributed by atoms with E-state index in [1.807, 2.05) is 24.3 Å². The molecule has 260 valence electrons. The van der Waals surface area contributed by atoms with Crippen LogP contribution in [0.4, 0.5) is 4.39 Å². The number of nitrogens with one attached hydrogen (secondary N) is 1. The van der Waals surface area contributed by atoms with Gasteiger partial charge >= 0.3 is 0 Å². The number of amides is 3. The number of aromatic nitrogens is 1. The van der Waals surface area contributed by atoms with Crippen LogP contribution in [0.2, 0.25) is 0 Å². The lowest BCUT2D eigenvalue weighted by Gasteiger charge is -2.22. The number of primary amides is 1. The van der Waals surface area contributed by atoms with Crippen molar-refractivity contribution in [3.05, 3.63) is 48.3 Å². The zero-order valence-corrected chi connectivity index (χ0v) is 28.1. The third-order valence-electron chi connectivity index (χ3n) is 10.1.